The SMILES string of the molecule is CC(NC(=O)C(O)c1cc(F)cc(F)c1)C(=O)NC1C(=O)N(CC(F)(F)F)c2ccccc2-c2ccccc21. The predicted octanol–water partition coefficient (Wildman–Crippen LogP) is 3.94. The molecule has 3 N–H and O–H groups in total. The van der Waals surface area contributed by atoms with Gasteiger partial charge in [-0.2, -0.15) is 13.2 Å². The molecule has 1 aliphatic rings. The van der Waals surface area contributed by atoms with Crippen LogP contribution in [0.3, 0.4) is 0 Å². The fourth-order valence-corrected chi connectivity index (χ4v) is 4.33. The minimum absolute atomic E-state index is 0.0100. The number of nitrogens with one attached hydrogen (secondary N) is 2. The fourth-order valence-electron chi connectivity index (χ4n) is 4.33. The van der Waals surface area contributed by atoms with Gasteiger partial charge in [0, 0.05) is 11.6 Å². The van der Waals surface area contributed by atoms with E-state index in [2.05, 4.69) is 10.6 Å². The molecule has 1 aliphatic heterocycles. The van der Waals surface area contributed by atoms with Crippen LogP contribution in [-0.2, 0) is 14.4 Å². The van der Waals surface area contributed by atoms with Crippen LogP contribution in [0.4, 0.5) is 27.6 Å². The number of nitrogens with zero attached hydrogens (tertiary/aromatic N) is 1. The maximum absolute atomic E-state index is 13.5. The van der Waals surface area contributed by atoms with Gasteiger partial charge in [0.25, 0.3) is 11.8 Å². The first-order valence-electron chi connectivity index (χ1n) is 11.7. The third kappa shape index (κ3) is 6.06. The van der Waals surface area contributed by atoms with Gasteiger partial charge < -0.3 is 20.6 Å². The van der Waals surface area contributed by atoms with E-state index in [-0.39, 0.29) is 11.3 Å². The number of para-hydroxylation sites is 1. The summed E-state index contributed by atoms with van der Waals surface area (Å²) in [6.07, 6.45) is -6.77. The first-order valence-corrected chi connectivity index (χ1v) is 11.7. The second-order valence-electron chi connectivity index (χ2n) is 8.92. The van der Waals surface area contributed by atoms with Crippen LogP contribution in [0.5, 0.6) is 0 Å². The highest BCUT2D eigenvalue weighted by atomic mass is 19.4. The van der Waals surface area contributed by atoms with Crippen molar-refractivity contribution in [2.24, 2.45) is 0 Å². The number of hydrogen-bond acceptors (Lipinski definition) is 4. The molecule has 0 saturated carbocycles. The number of hydrogen-bond donors (Lipinski definition) is 3. The Morgan fingerprint density at radius 3 is 2.18 bits per heavy atom. The summed E-state index contributed by atoms with van der Waals surface area (Å²) < 4.78 is 67.4. The van der Waals surface area contributed by atoms with Crippen molar-refractivity contribution in [3.8, 4) is 11.1 Å². The predicted molar refractivity (Wildman–Crippen MR) is 130 cm³/mol. The molecule has 12 heteroatoms. The minimum atomic E-state index is -4.75. The van der Waals surface area contributed by atoms with Crippen molar-refractivity contribution in [1.29, 1.82) is 0 Å². The normalized spacial score (nSPS) is 16.4. The highest BCUT2D eigenvalue weighted by Gasteiger charge is 2.41. The number of carbonyl (C=O) groups is 3. The highest BCUT2D eigenvalue weighted by molar-refractivity contribution is 6.06. The number of aliphatic hydroxyl groups excluding tert-OH is 1. The molecule has 3 atom stereocenters. The molecule has 0 saturated heterocycles. The van der Waals surface area contributed by atoms with E-state index in [0.717, 1.165) is 12.1 Å². The van der Waals surface area contributed by atoms with Crippen LogP contribution in [0, 0.1) is 11.6 Å². The standard InChI is InChI=1S/C27H22F5N3O4/c1-14(33-25(38)23(36)15-10-16(28)12-17(29)11-15)24(37)34-22-20-8-3-2-6-18(20)19-7-4-5-9-21(19)35(26(22)39)13-27(30,31)32/h2-12,14,22-23,36H,13H2,1H3,(H,33,38)(H,34,37). The van der Waals surface area contributed by atoms with E-state index in [4.69, 9.17) is 0 Å². The number of carbonyl (C=O) groups excluding carboxylic acids is 3. The maximum atomic E-state index is 13.5. The van der Waals surface area contributed by atoms with E-state index in [1.54, 1.807) is 30.3 Å². The van der Waals surface area contributed by atoms with E-state index in [9.17, 15) is 41.4 Å². The summed E-state index contributed by atoms with van der Waals surface area (Å²) in [7, 11) is 0. The molecule has 4 rings (SSSR count). The van der Waals surface area contributed by atoms with Crippen molar-refractivity contribution in [2.75, 3.05) is 11.4 Å². The maximum Gasteiger partial charge on any atom is 0.406 e. The number of fused-ring (bicyclic) bond motifs is 3. The number of halogens is 5. The molecule has 1 heterocycles. The Labute approximate surface area is 219 Å². The molecule has 3 amide bonds. The molecule has 0 aromatic heterocycles. The number of alkyl halides is 3. The van der Waals surface area contributed by atoms with E-state index in [1.807, 2.05) is 0 Å². The van der Waals surface area contributed by atoms with Gasteiger partial charge in [-0.05, 0) is 41.8 Å². The monoisotopic (exact) mass is 547 g/mol. The Kier molecular flexibility index (Phi) is 7.68. The van der Waals surface area contributed by atoms with Crippen LogP contribution in [0.1, 0.15) is 30.2 Å². The Morgan fingerprint density at radius 1 is 0.949 bits per heavy atom. The van der Waals surface area contributed by atoms with Crippen molar-refractivity contribution in [1.82, 2.24) is 10.6 Å². The zero-order valence-electron chi connectivity index (χ0n) is 20.3. The van der Waals surface area contributed by atoms with Gasteiger partial charge in [-0.15, -0.1) is 0 Å². The quantitative estimate of drug-likeness (QED) is 0.408. The van der Waals surface area contributed by atoms with Crippen LogP contribution in [0.25, 0.3) is 11.1 Å². The molecule has 39 heavy (non-hydrogen) atoms. The van der Waals surface area contributed by atoms with Gasteiger partial charge in [-0.1, -0.05) is 42.5 Å². The zero-order valence-corrected chi connectivity index (χ0v) is 20.3. The van der Waals surface area contributed by atoms with Gasteiger partial charge in [-0.3, -0.25) is 14.4 Å². The van der Waals surface area contributed by atoms with E-state index in [1.165, 1.54) is 25.1 Å². The summed E-state index contributed by atoms with van der Waals surface area (Å²) >= 11 is 0. The summed E-state index contributed by atoms with van der Waals surface area (Å²) in [5.74, 6) is -5.23. The summed E-state index contributed by atoms with van der Waals surface area (Å²) in [4.78, 5) is 39.5. The Hall–Kier alpha value is -4.32. The Bertz CT molecular complexity index is 1410. The third-order valence-corrected chi connectivity index (χ3v) is 6.09. The van der Waals surface area contributed by atoms with Gasteiger partial charge in [0.15, 0.2) is 6.10 Å². The first-order chi connectivity index (χ1) is 18.4. The highest BCUT2D eigenvalue weighted by Crippen LogP contribution is 2.41. The van der Waals surface area contributed by atoms with Gasteiger partial charge >= 0.3 is 6.18 Å². The van der Waals surface area contributed by atoms with Gasteiger partial charge in [0.2, 0.25) is 5.91 Å². The summed E-state index contributed by atoms with van der Waals surface area (Å²) in [6.45, 7) is -0.396. The third-order valence-electron chi connectivity index (χ3n) is 6.09. The van der Waals surface area contributed by atoms with Crippen molar-refractivity contribution in [3.05, 3.63) is 89.5 Å². The lowest BCUT2D eigenvalue weighted by molar-refractivity contribution is -0.137. The lowest BCUT2D eigenvalue weighted by atomic mass is 9.95. The van der Waals surface area contributed by atoms with Crippen molar-refractivity contribution in [3.63, 3.8) is 0 Å². The molecule has 3 aromatic rings. The molecule has 204 valence electrons. The van der Waals surface area contributed by atoms with Crippen LogP contribution in [0.15, 0.2) is 66.7 Å². The second-order valence-corrected chi connectivity index (χ2v) is 8.92. The average molecular weight is 547 g/mol. The van der Waals surface area contributed by atoms with E-state index < -0.39 is 65.8 Å². The second kappa shape index (κ2) is 10.8. The van der Waals surface area contributed by atoms with Crippen LogP contribution >= 0.6 is 0 Å². The number of aliphatic hydroxyl groups is 1. The first kappa shape index (κ1) is 27.7. The smallest absolute Gasteiger partial charge is 0.378 e. The van der Waals surface area contributed by atoms with Crippen molar-refractivity contribution in [2.45, 2.75) is 31.3 Å². The summed E-state index contributed by atoms with van der Waals surface area (Å²) in [5.41, 5.74) is 0.634. The summed E-state index contributed by atoms with van der Waals surface area (Å²) in [5, 5.41) is 14.8. The van der Waals surface area contributed by atoms with Crippen LogP contribution in [0.2, 0.25) is 0 Å². The van der Waals surface area contributed by atoms with Gasteiger partial charge in [0.1, 0.15) is 30.3 Å². The number of rotatable bonds is 6. The van der Waals surface area contributed by atoms with E-state index >= 15 is 0 Å². The molecule has 0 bridgehead atoms. The number of benzene rings is 3. The number of amides is 3. The molecule has 0 fully saturated rings. The molecular formula is C27H22F5N3O4. The zero-order chi connectivity index (χ0) is 28.5. The van der Waals surface area contributed by atoms with Crippen molar-refractivity contribution >= 4 is 23.4 Å². The van der Waals surface area contributed by atoms with Crippen LogP contribution in [-0.4, -0.2) is 41.6 Å². The lowest BCUT2D eigenvalue weighted by Gasteiger charge is -2.28. The molecule has 7 nitrogen and oxygen atoms in total. The van der Waals surface area contributed by atoms with Crippen molar-refractivity contribution < 1.29 is 41.4 Å². The Balaban J connectivity index is 1.60. The average Bonchev–Trinajstić information content (AvgIpc) is 2.96. The van der Waals surface area contributed by atoms with E-state index in [0.29, 0.717) is 22.1 Å². The Morgan fingerprint density at radius 2 is 1.54 bits per heavy atom. The molecular weight excluding hydrogens is 525 g/mol. The fraction of sp³-hybridized carbons (Fsp3) is 0.222. The molecule has 0 aliphatic carbocycles. The molecule has 3 aromatic carbocycles. The number of anilines is 1. The van der Waals surface area contributed by atoms with Gasteiger partial charge in [0.05, 0.1) is 5.69 Å². The minimum Gasteiger partial charge on any atom is -0.378 e. The summed E-state index contributed by atoms with van der Waals surface area (Å²) in [6, 6.07) is 11.4. The van der Waals surface area contributed by atoms with Crippen LogP contribution < -0.4 is 15.5 Å². The largest absolute Gasteiger partial charge is 0.406 e. The lowest BCUT2D eigenvalue weighted by Crippen LogP contribution is -2.51. The molecule has 3 unspecified atom stereocenters. The topological polar surface area (TPSA) is 98.7 Å². The molecule has 0 radical (unpaired) electrons. The molecule has 0 spiro atoms. The van der Waals surface area contributed by atoms with Gasteiger partial charge in [-0.25, -0.2) is 8.78 Å².